The summed E-state index contributed by atoms with van der Waals surface area (Å²) in [5, 5.41) is 2.48. The van der Waals surface area contributed by atoms with Gasteiger partial charge in [0.2, 0.25) is 0 Å². The quantitative estimate of drug-likeness (QED) is 0.432. The van der Waals surface area contributed by atoms with Crippen molar-refractivity contribution < 1.29 is 9.13 Å². The molecule has 0 atom stereocenters. The maximum Gasteiger partial charge on any atom is 0.276 e. The molecule has 0 rings (SSSR count). The lowest BCUT2D eigenvalue weighted by molar-refractivity contribution is 0.458. The fourth-order valence-corrected chi connectivity index (χ4v) is 1.86. The minimum absolute atomic E-state index is 0.615. The molecule has 0 amide bonds. The van der Waals surface area contributed by atoms with Gasteiger partial charge in [0.25, 0.3) is 15.2 Å². The molecule has 8 nitrogen and oxygen atoms in total. The molecule has 18 heavy (non-hydrogen) atoms. The molecule has 0 saturated heterocycles. The summed E-state index contributed by atoms with van der Waals surface area (Å²) in [5.41, 5.74) is 20.2. The SMILES string of the molecule is CCCCN(C)P(N)(N)=O.CCCNP(N)(N)=O. The van der Waals surface area contributed by atoms with Crippen LogP contribution in [0.2, 0.25) is 0 Å². The maximum absolute atomic E-state index is 10.9. The monoisotopic (exact) mass is 302 g/mol. The van der Waals surface area contributed by atoms with Crippen LogP contribution in [0.25, 0.3) is 0 Å². The molecule has 9 N–H and O–H groups in total. The highest BCUT2D eigenvalue weighted by Crippen LogP contribution is 2.28. The van der Waals surface area contributed by atoms with Crippen LogP contribution < -0.4 is 27.1 Å². The third kappa shape index (κ3) is 16.2. The first-order chi connectivity index (χ1) is 8.04. The molecule has 0 aromatic carbocycles. The molecule has 0 unspecified atom stereocenters. The van der Waals surface area contributed by atoms with Gasteiger partial charge >= 0.3 is 0 Å². The Hall–Kier alpha value is 0.220. The fraction of sp³-hybridized carbons (Fsp3) is 1.00. The van der Waals surface area contributed by atoms with Gasteiger partial charge in [-0.2, -0.15) is 0 Å². The molecule has 0 aliphatic carbocycles. The van der Waals surface area contributed by atoms with Crippen molar-refractivity contribution in [1.82, 2.24) is 9.76 Å². The number of nitrogens with zero attached hydrogens (tertiary/aromatic N) is 1. The highest BCUT2D eigenvalue weighted by molar-refractivity contribution is 7.57. The van der Waals surface area contributed by atoms with Crippen LogP contribution in [0.15, 0.2) is 0 Å². The predicted octanol–water partition coefficient (Wildman–Crippen LogP) is 0.755. The molecule has 0 fully saturated rings. The van der Waals surface area contributed by atoms with Crippen LogP contribution in [0.4, 0.5) is 0 Å². The zero-order chi connectivity index (χ0) is 14.8. The number of hydrogen-bond donors (Lipinski definition) is 5. The molecule has 0 aromatic rings. The first kappa shape index (κ1) is 20.5. The van der Waals surface area contributed by atoms with E-state index < -0.39 is 15.2 Å². The molecule has 0 aromatic heterocycles. The average molecular weight is 302 g/mol. The van der Waals surface area contributed by atoms with Crippen molar-refractivity contribution in [3.8, 4) is 0 Å². The van der Waals surface area contributed by atoms with Gasteiger partial charge in [0.05, 0.1) is 0 Å². The molecule has 112 valence electrons. The van der Waals surface area contributed by atoms with Crippen LogP contribution in [-0.2, 0) is 9.13 Å². The molecular weight excluding hydrogens is 274 g/mol. The van der Waals surface area contributed by atoms with Crippen molar-refractivity contribution in [2.45, 2.75) is 33.1 Å². The van der Waals surface area contributed by atoms with Crippen molar-refractivity contribution in [2.75, 3.05) is 20.1 Å². The standard InChI is InChI=1S/C5H16N3OP.C3H12N3OP/c1-3-4-5-8(2)10(6,7)9;1-2-3-6-8(4,5)7/h3-5H2,1-2H3,(H4,6,7,9);2-3H2,1H3,(H5,4,5,6,7). The largest absolute Gasteiger partial charge is 0.276 e. The number of unbranched alkanes of at least 4 members (excludes halogenated alkanes) is 1. The minimum Gasteiger partial charge on any atom is -0.271 e. The highest BCUT2D eigenvalue weighted by atomic mass is 31.2. The summed E-state index contributed by atoms with van der Waals surface area (Å²) in [6.45, 7) is 5.33. The lowest BCUT2D eigenvalue weighted by atomic mass is 10.3. The topological polar surface area (TPSA) is 153 Å². The molecule has 0 radical (unpaired) electrons. The van der Waals surface area contributed by atoms with Gasteiger partial charge in [-0.05, 0) is 19.9 Å². The van der Waals surface area contributed by atoms with Crippen LogP contribution in [0.5, 0.6) is 0 Å². The minimum atomic E-state index is -2.95. The Labute approximate surface area is 110 Å². The highest BCUT2D eigenvalue weighted by Gasteiger charge is 2.14. The molecule has 10 heteroatoms. The first-order valence-electron chi connectivity index (χ1n) is 5.85. The van der Waals surface area contributed by atoms with E-state index in [4.69, 9.17) is 22.0 Å². The fourth-order valence-electron chi connectivity index (χ4n) is 0.830. The third-order valence-electron chi connectivity index (χ3n) is 1.98. The van der Waals surface area contributed by atoms with Gasteiger partial charge < -0.3 is 0 Å². The van der Waals surface area contributed by atoms with E-state index in [1.807, 2.05) is 6.92 Å². The number of nitrogens with two attached hydrogens (primary N) is 4. The van der Waals surface area contributed by atoms with Gasteiger partial charge in [-0.25, -0.2) is 9.76 Å². The molecular formula is C8H28N6O2P2. The average Bonchev–Trinajstić information content (AvgIpc) is 2.21. The van der Waals surface area contributed by atoms with E-state index in [9.17, 15) is 9.13 Å². The zero-order valence-electron chi connectivity index (χ0n) is 11.5. The third-order valence-corrected chi connectivity index (χ3v) is 3.96. The van der Waals surface area contributed by atoms with Crippen LogP contribution >= 0.6 is 15.2 Å². The number of hydrogen-bond acceptors (Lipinski definition) is 2. The van der Waals surface area contributed by atoms with Crippen LogP contribution in [0, 0.1) is 0 Å². The van der Waals surface area contributed by atoms with Gasteiger partial charge in [-0.1, -0.05) is 20.3 Å². The van der Waals surface area contributed by atoms with Gasteiger partial charge in [-0.3, -0.25) is 31.1 Å². The van der Waals surface area contributed by atoms with E-state index in [0.717, 1.165) is 19.3 Å². The lowest BCUT2D eigenvalue weighted by Gasteiger charge is -2.19. The van der Waals surface area contributed by atoms with Crippen LogP contribution in [0.1, 0.15) is 33.1 Å². The maximum atomic E-state index is 10.9. The summed E-state index contributed by atoms with van der Waals surface area (Å²) in [5.74, 6) is 0. The summed E-state index contributed by atoms with van der Waals surface area (Å²) < 4.78 is 22.8. The van der Waals surface area contributed by atoms with Gasteiger partial charge in [-0.15, -0.1) is 0 Å². The second-order valence-corrected chi connectivity index (χ2v) is 7.79. The summed E-state index contributed by atoms with van der Waals surface area (Å²) in [6.07, 6.45) is 2.93. The Morgan fingerprint density at radius 2 is 1.56 bits per heavy atom. The van der Waals surface area contributed by atoms with Gasteiger partial charge in [0, 0.05) is 13.1 Å². The van der Waals surface area contributed by atoms with E-state index in [0.29, 0.717) is 13.1 Å². The Morgan fingerprint density at radius 3 is 1.78 bits per heavy atom. The van der Waals surface area contributed by atoms with E-state index in [1.165, 1.54) is 4.67 Å². The number of rotatable bonds is 7. The molecule has 0 spiro atoms. The van der Waals surface area contributed by atoms with E-state index in [2.05, 4.69) is 12.0 Å². The second kappa shape index (κ2) is 10.1. The molecule has 0 heterocycles. The molecule has 0 saturated carbocycles. The Morgan fingerprint density at radius 1 is 1.06 bits per heavy atom. The molecule has 0 aliphatic rings. The normalized spacial score (nSPS) is 12.2. The zero-order valence-corrected chi connectivity index (χ0v) is 13.3. The second-order valence-electron chi connectivity index (χ2n) is 4.02. The molecule has 0 bridgehead atoms. The van der Waals surface area contributed by atoms with Crippen LogP contribution in [-0.4, -0.2) is 24.8 Å². The van der Waals surface area contributed by atoms with Crippen molar-refractivity contribution in [2.24, 2.45) is 22.0 Å². The summed E-state index contributed by atoms with van der Waals surface area (Å²) in [7, 11) is -4.21. The smallest absolute Gasteiger partial charge is 0.271 e. The van der Waals surface area contributed by atoms with E-state index >= 15 is 0 Å². The Kier molecular flexibility index (Phi) is 11.5. The Bertz CT molecular complexity index is 289. The van der Waals surface area contributed by atoms with Crippen molar-refractivity contribution in [3.63, 3.8) is 0 Å². The summed E-state index contributed by atoms with van der Waals surface area (Å²) in [6, 6.07) is 0. The van der Waals surface area contributed by atoms with Gasteiger partial charge in [0.15, 0.2) is 0 Å². The van der Waals surface area contributed by atoms with Crippen molar-refractivity contribution >= 4 is 15.2 Å². The van der Waals surface area contributed by atoms with Crippen molar-refractivity contribution in [1.29, 1.82) is 0 Å². The first-order valence-corrected chi connectivity index (χ1v) is 9.50. The van der Waals surface area contributed by atoms with Crippen LogP contribution in [0.3, 0.4) is 0 Å². The molecule has 0 aliphatic heterocycles. The van der Waals surface area contributed by atoms with E-state index in [-0.39, 0.29) is 0 Å². The van der Waals surface area contributed by atoms with E-state index in [1.54, 1.807) is 7.05 Å². The van der Waals surface area contributed by atoms with Gasteiger partial charge in [0.1, 0.15) is 0 Å². The lowest BCUT2D eigenvalue weighted by Crippen LogP contribution is -2.25. The summed E-state index contributed by atoms with van der Waals surface area (Å²) in [4.78, 5) is 0. The van der Waals surface area contributed by atoms with Crippen molar-refractivity contribution in [3.05, 3.63) is 0 Å². The predicted molar refractivity (Wildman–Crippen MR) is 77.8 cm³/mol. The number of nitrogens with one attached hydrogen (secondary N) is 1. The Balaban J connectivity index is 0. The summed E-state index contributed by atoms with van der Waals surface area (Å²) >= 11 is 0.